The van der Waals surface area contributed by atoms with Crippen molar-refractivity contribution in [1.29, 1.82) is 0 Å². The molecule has 2 atom stereocenters. The molecule has 0 fully saturated rings. The van der Waals surface area contributed by atoms with Gasteiger partial charge in [0, 0.05) is 18.4 Å². The SMILES string of the molecule is CCCCC(CC)C(Cc1ccncc1Cl)NC. The fraction of sp³-hybridized carbons (Fsp3) is 0.667. The second-order valence-electron chi connectivity index (χ2n) is 4.88. The summed E-state index contributed by atoms with van der Waals surface area (Å²) in [6, 6.07) is 2.53. The second-order valence-corrected chi connectivity index (χ2v) is 5.28. The van der Waals surface area contributed by atoms with Gasteiger partial charge in [0.2, 0.25) is 0 Å². The Labute approximate surface area is 116 Å². The molecule has 2 nitrogen and oxygen atoms in total. The molecule has 0 aliphatic carbocycles. The van der Waals surface area contributed by atoms with Crippen molar-refractivity contribution in [3.63, 3.8) is 0 Å². The fourth-order valence-corrected chi connectivity index (χ4v) is 2.66. The van der Waals surface area contributed by atoms with Gasteiger partial charge in [-0.15, -0.1) is 0 Å². The van der Waals surface area contributed by atoms with E-state index in [1.54, 1.807) is 6.20 Å². The molecule has 0 aromatic carbocycles. The lowest BCUT2D eigenvalue weighted by Gasteiger charge is -2.26. The topological polar surface area (TPSA) is 24.9 Å². The Morgan fingerprint density at radius 2 is 2.17 bits per heavy atom. The first-order chi connectivity index (χ1) is 8.72. The maximum Gasteiger partial charge on any atom is 0.0621 e. The summed E-state index contributed by atoms with van der Waals surface area (Å²) in [5.41, 5.74) is 1.20. The van der Waals surface area contributed by atoms with Crippen LogP contribution >= 0.6 is 11.6 Å². The van der Waals surface area contributed by atoms with Crippen molar-refractivity contribution in [2.75, 3.05) is 7.05 Å². The summed E-state index contributed by atoms with van der Waals surface area (Å²) >= 11 is 6.19. The van der Waals surface area contributed by atoms with Gasteiger partial charge in [-0.1, -0.05) is 44.7 Å². The number of nitrogens with zero attached hydrogens (tertiary/aromatic N) is 1. The monoisotopic (exact) mass is 268 g/mol. The molecule has 0 saturated carbocycles. The number of aromatic nitrogens is 1. The van der Waals surface area contributed by atoms with Gasteiger partial charge in [-0.05, 0) is 37.4 Å². The van der Waals surface area contributed by atoms with Crippen LogP contribution in [0.25, 0.3) is 0 Å². The van der Waals surface area contributed by atoms with Crippen molar-refractivity contribution in [3.05, 3.63) is 29.0 Å². The summed E-state index contributed by atoms with van der Waals surface area (Å²) in [4.78, 5) is 4.04. The van der Waals surface area contributed by atoms with Crippen LogP contribution < -0.4 is 5.32 Å². The van der Waals surface area contributed by atoms with E-state index in [9.17, 15) is 0 Å². The highest BCUT2D eigenvalue weighted by Gasteiger charge is 2.19. The molecule has 1 heterocycles. The Hall–Kier alpha value is -0.600. The molecule has 0 aliphatic rings. The summed E-state index contributed by atoms with van der Waals surface area (Å²) in [7, 11) is 2.05. The number of rotatable bonds is 8. The van der Waals surface area contributed by atoms with Crippen molar-refractivity contribution in [1.82, 2.24) is 10.3 Å². The van der Waals surface area contributed by atoms with E-state index in [0.717, 1.165) is 17.4 Å². The molecule has 3 heteroatoms. The first-order valence-electron chi connectivity index (χ1n) is 6.98. The molecule has 0 spiro atoms. The van der Waals surface area contributed by atoms with E-state index in [-0.39, 0.29) is 0 Å². The minimum Gasteiger partial charge on any atom is -0.316 e. The smallest absolute Gasteiger partial charge is 0.0621 e. The van der Waals surface area contributed by atoms with Crippen molar-refractivity contribution in [2.45, 2.75) is 52.0 Å². The van der Waals surface area contributed by atoms with Crippen LogP contribution in [0.2, 0.25) is 5.02 Å². The van der Waals surface area contributed by atoms with Gasteiger partial charge in [0.25, 0.3) is 0 Å². The Bertz CT molecular complexity index is 341. The van der Waals surface area contributed by atoms with Gasteiger partial charge < -0.3 is 5.32 Å². The molecule has 0 radical (unpaired) electrons. The highest BCUT2D eigenvalue weighted by molar-refractivity contribution is 6.31. The molecule has 0 amide bonds. The molecule has 0 aliphatic heterocycles. The third-order valence-electron chi connectivity index (χ3n) is 3.69. The average Bonchev–Trinajstić information content (AvgIpc) is 2.40. The molecule has 2 unspecified atom stereocenters. The van der Waals surface area contributed by atoms with E-state index in [1.807, 2.05) is 19.3 Å². The number of pyridine rings is 1. The van der Waals surface area contributed by atoms with Crippen LogP contribution in [0.5, 0.6) is 0 Å². The van der Waals surface area contributed by atoms with Crippen molar-refractivity contribution in [2.24, 2.45) is 5.92 Å². The minimum atomic E-state index is 0.501. The van der Waals surface area contributed by atoms with Gasteiger partial charge in [0.15, 0.2) is 0 Å². The van der Waals surface area contributed by atoms with Gasteiger partial charge in [0.05, 0.1) is 5.02 Å². The molecule has 102 valence electrons. The predicted octanol–water partition coefficient (Wildman–Crippen LogP) is 4.08. The zero-order chi connectivity index (χ0) is 13.4. The van der Waals surface area contributed by atoms with Crippen LogP contribution in [0.3, 0.4) is 0 Å². The molecule has 18 heavy (non-hydrogen) atoms. The highest BCUT2D eigenvalue weighted by atomic mass is 35.5. The number of halogens is 1. The third-order valence-corrected chi connectivity index (χ3v) is 4.03. The Morgan fingerprint density at radius 1 is 1.39 bits per heavy atom. The molecule has 1 N–H and O–H groups in total. The fourth-order valence-electron chi connectivity index (χ4n) is 2.47. The second kappa shape index (κ2) is 8.49. The molecular weight excluding hydrogens is 244 g/mol. The van der Waals surface area contributed by atoms with E-state index in [2.05, 4.69) is 24.1 Å². The van der Waals surface area contributed by atoms with Crippen LogP contribution in [0.1, 0.15) is 45.1 Å². The molecule has 1 aromatic rings. The van der Waals surface area contributed by atoms with Gasteiger partial charge in [0.1, 0.15) is 0 Å². The lowest BCUT2D eigenvalue weighted by atomic mass is 9.87. The Balaban J connectivity index is 2.67. The van der Waals surface area contributed by atoms with Crippen molar-refractivity contribution < 1.29 is 0 Å². The third kappa shape index (κ3) is 4.58. The normalized spacial score (nSPS) is 14.4. The maximum atomic E-state index is 6.19. The van der Waals surface area contributed by atoms with Crippen LogP contribution in [-0.2, 0) is 6.42 Å². The van der Waals surface area contributed by atoms with Crippen LogP contribution in [0.15, 0.2) is 18.5 Å². The van der Waals surface area contributed by atoms with Crippen LogP contribution in [-0.4, -0.2) is 18.1 Å². The maximum absolute atomic E-state index is 6.19. The quantitative estimate of drug-likeness (QED) is 0.768. The minimum absolute atomic E-state index is 0.501. The molecule has 1 aromatic heterocycles. The summed E-state index contributed by atoms with van der Waals surface area (Å²) in [6.07, 6.45) is 9.62. The number of nitrogens with one attached hydrogen (secondary N) is 1. The van der Waals surface area contributed by atoms with Gasteiger partial charge in [-0.25, -0.2) is 0 Å². The standard InChI is InChI=1S/C15H25ClN2/c1-4-6-7-12(5-2)15(17-3)10-13-8-9-18-11-14(13)16/h8-9,11-12,15,17H,4-7,10H2,1-3H3. The van der Waals surface area contributed by atoms with E-state index < -0.39 is 0 Å². The van der Waals surface area contributed by atoms with Crippen LogP contribution in [0.4, 0.5) is 0 Å². The van der Waals surface area contributed by atoms with Gasteiger partial charge in [-0.2, -0.15) is 0 Å². The first kappa shape index (κ1) is 15.5. The molecular formula is C15H25ClN2. The summed E-state index contributed by atoms with van der Waals surface area (Å²) in [5, 5.41) is 4.24. The zero-order valence-electron chi connectivity index (χ0n) is 11.7. The summed E-state index contributed by atoms with van der Waals surface area (Å²) in [6.45, 7) is 4.53. The zero-order valence-corrected chi connectivity index (χ0v) is 12.5. The molecule has 0 bridgehead atoms. The number of likely N-dealkylation sites (N-methyl/N-ethyl adjacent to an activating group) is 1. The summed E-state index contributed by atoms with van der Waals surface area (Å²) < 4.78 is 0. The predicted molar refractivity (Wildman–Crippen MR) is 79.1 cm³/mol. The first-order valence-corrected chi connectivity index (χ1v) is 7.36. The lowest BCUT2D eigenvalue weighted by molar-refractivity contribution is 0.330. The Morgan fingerprint density at radius 3 is 2.72 bits per heavy atom. The van der Waals surface area contributed by atoms with Crippen molar-refractivity contribution >= 4 is 11.6 Å². The Kier molecular flexibility index (Phi) is 7.29. The van der Waals surface area contributed by atoms with E-state index >= 15 is 0 Å². The van der Waals surface area contributed by atoms with E-state index in [4.69, 9.17) is 11.6 Å². The lowest BCUT2D eigenvalue weighted by Crippen LogP contribution is -2.35. The van der Waals surface area contributed by atoms with E-state index in [1.165, 1.54) is 31.2 Å². The molecule has 1 rings (SSSR count). The number of unbranched alkanes of at least 4 members (excludes halogenated alkanes) is 1. The van der Waals surface area contributed by atoms with E-state index in [0.29, 0.717) is 6.04 Å². The number of hydrogen-bond acceptors (Lipinski definition) is 2. The van der Waals surface area contributed by atoms with Gasteiger partial charge >= 0.3 is 0 Å². The van der Waals surface area contributed by atoms with Gasteiger partial charge in [-0.3, -0.25) is 4.98 Å². The van der Waals surface area contributed by atoms with Crippen molar-refractivity contribution in [3.8, 4) is 0 Å². The highest BCUT2D eigenvalue weighted by Crippen LogP contribution is 2.22. The number of hydrogen-bond donors (Lipinski definition) is 1. The summed E-state index contributed by atoms with van der Waals surface area (Å²) in [5.74, 6) is 0.721. The molecule has 0 saturated heterocycles. The largest absolute Gasteiger partial charge is 0.316 e. The average molecular weight is 269 g/mol. The van der Waals surface area contributed by atoms with Crippen LogP contribution in [0, 0.1) is 5.92 Å².